The molecule has 1 amide bonds. The lowest BCUT2D eigenvalue weighted by Crippen LogP contribution is -2.63. The van der Waals surface area contributed by atoms with Crippen LogP contribution in [0.1, 0.15) is 13.8 Å². The fraction of sp³-hybridized carbons (Fsp3) is 0.875. The molecular formula is C8H16N2O3S. The van der Waals surface area contributed by atoms with Crippen molar-refractivity contribution in [2.45, 2.75) is 24.6 Å². The Balaban J connectivity index is 2.79. The monoisotopic (exact) mass is 220 g/mol. The third-order valence-corrected chi connectivity index (χ3v) is 4.67. The van der Waals surface area contributed by atoms with E-state index in [1.54, 1.807) is 0 Å². The molecular weight excluding hydrogens is 204 g/mol. The molecule has 0 aliphatic carbocycles. The predicted octanol–water partition coefficient (Wildman–Crippen LogP) is -1.02. The lowest BCUT2D eigenvalue weighted by Gasteiger charge is -2.40. The molecule has 0 radical (unpaired) electrons. The second-order valence-electron chi connectivity index (χ2n) is 4.25. The summed E-state index contributed by atoms with van der Waals surface area (Å²) in [4.78, 5) is 13.2. The van der Waals surface area contributed by atoms with E-state index in [0.717, 1.165) is 6.26 Å². The van der Waals surface area contributed by atoms with E-state index in [1.165, 1.54) is 18.7 Å². The van der Waals surface area contributed by atoms with Crippen LogP contribution in [-0.4, -0.2) is 49.4 Å². The van der Waals surface area contributed by atoms with Gasteiger partial charge in [0.15, 0.2) is 9.84 Å². The minimum Gasteiger partial charge on any atom is -0.338 e. The molecule has 1 fully saturated rings. The molecule has 14 heavy (non-hydrogen) atoms. The summed E-state index contributed by atoms with van der Waals surface area (Å²) in [5, 5.41) is 0. The van der Waals surface area contributed by atoms with Crippen molar-refractivity contribution in [3.63, 3.8) is 0 Å². The van der Waals surface area contributed by atoms with Crippen LogP contribution in [0.15, 0.2) is 0 Å². The van der Waals surface area contributed by atoms with Gasteiger partial charge in [-0.2, -0.15) is 0 Å². The summed E-state index contributed by atoms with van der Waals surface area (Å²) in [6.07, 6.45) is 1.07. The zero-order chi connectivity index (χ0) is 11.1. The molecule has 1 rings (SSSR count). The highest BCUT2D eigenvalue weighted by atomic mass is 32.2. The Labute approximate surface area is 84.2 Å². The number of rotatable bonds is 2. The maximum absolute atomic E-state index is 11.7. The first-order valence-electron chi connectivity index (χ1n) is 4.41. The lowest BCUT2D eigenvalue weighted by atomic mass is 10.1. The van der Waals surface area contributed by atoms with Gasteiger partial charge in [0, 0.05) is 25.4 Å². The number of likely N-dealkylation sites (tertiary alicyclic amines) is 1. The second-order valence-corrected chi connectivity index (χ2v) is 6.82. The largest absolute Gasteiger partial charge is 0.338 e. The molecule has 0 bridgehead atoms. The fourth-order valence-corrected chi connectivity index (χ4v) is 1.66. The van der Waals surface area contributed by atoms with Gasteiger partial charge in [-0.25, -0.2) is 8.42 Å². The van der Waals surface area contributed by atoms with Crippen LogP contribution in [0.4, 0.5) is 0 Å². The van der Waals surface area contributed by atoms with E-state index >= 15 is 0 Å². The third kappa shape index (κ3) is 1.76. The third-order valence-electron chi connectivity index (χ3n) is 2.64. The van der Waals surface area contributed by atoms with Crippen LogP contribution < -0.4 is 5.73 Å². The molecule has 82 valence electrons. The van der Waals surface area contributed by atoms with Crippen LogP contribution in [0.2, 0.25) is 0 Å². The Kier molecular flexibility index (Phi) is 2.62. The standard InChI is InChI=1S/C8H16N2O3S/c1-8(2,14(3,12)13)7(11)10-4-6(9)5-10/h6H,4-5,9H2,1-3H3. The second kappa shape index (κ2) is 3.20. The Bertz CT molecular complexity index is 342. The van der Waals surface area contributed by atoms with Crippen LogP contribution >= 0.6 is 0 Å². The van der Waals surface area contributed by atoms with Crippen molar-refractivity contribution in [1.29, 1.82) is 0 Å². The van der Waals surface area contributed by atoms with Crippen molar-refractivity contribution in [1.82, 2.24) is 4.90 Å². The molecule has 0 saturated carbocycles. The van der Waals surface area contributed by atoms with E-state index in [-0.39, 0.29) is 11.9 Å². The topological polar surface area (TPSA) is 80.5 Å². The lowest BCUT2D eigenvalue weighted by molar-refractivity contribution is -0.137. The minimum absolute atomic E-state index is 0.00527. The molecule has 1 heterocycles. The van der Waals surface area contributed by atoms with Crippen LogP contribution in [0.3, 0.4) is 0 Å². The molecule has 0 unspecified atom stereocenters. The van der Waals surface area contributed by atoms with E-state index in [0.29, 0.717) is 13.1 Å². The number of carbonyl (C=O) groups is 1. The van der Waals surface area contributed by atoms with Crippen molar-refractivity contribution < 1.29 is 13.2 Å². The normalized spacial score (nSPS) is 19.3. The number of hydrogen-bond donors (Lipinski definition) is 1. The van der Waals surface area contributed by atoms with Crippen molar-refractivity contribution in [3.8, 4) is 0 Å². The van der Waals surface area contributed by atoms with Gasteiger partial charge in [0.25, 0.3) is 0 Å². The first kappa shape index (κ1) is 11.5. The summed E-state index contributed by atoms with van der Waals surface area (Å²) >= 11 is 0. The maximum atomic E-state index is 11.7. The summed E-state index contributed by atoms with van der Waals surface area (Å²) in [6, 6.07) is -0.00527. The van der Waals surface area contributed by atoms with Crippen molar-refractivity contribution in [2.75, 3.05) is 19.3 Å². The molecule has 0 aromatic carbocycles. The Morgan fingerprint density at radius 1 is 1.43 bits per heavy atom. The van der Waals surface area contributed by atoms with E-state index in [4.69, 9.17) is 5.73 Å². The van der Waals surface area contributed by atoms with E-state index in [2.05, 4.69) is 0 Å². The Hall–Kier alpha value is -0.620. The molecule has 0 spiro atoms. The van der Waals surface area contributed by atoms with Crippen molar-refractivity contribution in [3.05, 3.63) is 0 Å². The van der Waals surface area contributed by atoms with Gasteiger partial charge >= 0.3 is 0 Å². The van der Waals surface area contributed by atoms with Gasteiger partial charge in [0.05, 0.1) is 0 Å². The zero-order valence-electron chi connectivity index (χ0n) is 8.65. The van der Waals surface area contributed by atoms with Crippen molar-refractivity contribution in [2.24, 2.45) is 5.73 Å². The number of sulfone groups is 1. The highest BCUT2D eigenvalue weighted by Crippen LogP contribution is 2.21. The van der Waals surface area contributed by atoms with Crippen LogP contribution in [0.5, 0.6) is 0 Å². The average Bonchev–Trinajstić information content (AvgIpc) is 1.95. The van der Waals surface area contributed by atoms with Gasteiger partial charge in [-0.05, 0) is 13.8 Å². The van der Waals surface area contributed by atoms with Gasteiger partial charge in [-0.15, -0.1) is 0 Å². The first-order chi connectivity index (χ1) is 6.16. The first-order valence-corrected chi connectivity index (χ1v) is 6.30. The van der Waals surface area contributed by atoms with Gasteiger partial charge in [-0.3, -0.25) is 4.79 Å². The molecule has 1 aliphatic heterocycles. The zero-order valence-corrected chi connectivity index (χ0v) is 9.47. The predicted molar refractivity (Wildman–Crippen MR) is 53.5 cm³/mol. The fourth-order valence-electron chi connectivity index (χ4n) is 1.22. The Morgan fingerprint density at radius 3 is 2.14 bits per heavy atom. The van der Waals surface area contributed by atoms with Gasteiger partial charge in [0.2, 0.25) is 5.91 Å². The number of carbonyl (C=O) groups excluding carboxylic acids is 1. The van der Waals surface area contributed by atoms with E-state index in [9.17, 15) is 13.2 Å². The summed E-state index contributed by atoms with van der Waals surface area (Å²) in [6.45, 7) is 3.76. The molecule has 2 N–H and O–H groups in total. The smallest absolute Gasteiger partial charge is 0.243 e. The number of hydrogen-bond acceptors (Lipinski definition) is 4. The maximum Gasteiger partial charge on any atom is 0.243 e. The van der Waals surface area contributed by atoms with Crippen LogP contribution in [0, 0.1) is 0 Å². The summed E-state index contributed by atoms with van der Waals surface area (Å²) in [5.41, 5.74) is 5.52. The minimum atomic E-state index is -3.37. The van der Waals surface area contributed by atoms with Crippen LogP contribution in [-0.2, 0) is 14.6 Å². The highest BCUT2D eigenvalue weighted by Gasteiger charge is 2.44. The number of nitrogens with zero attached hydrogens (tertiary/aromatic N) is 1. The van der Waals surface area contributed by atoms with E-state index in [1.807, 2.05) is 0 Å². The molecule has 6 heteroatoms. The van der Waals surface area contributed by atoms with Gasteiger partial charge in [0.1, 0.15) is 4.75 Å². The van der Waals surface area contributed by atoms with Crippen molar-refractivity contribution >= 4 is 15.7 Å². The van der Waals surface area contributed by atoms with Crippen LogP contribution in [0.25, 0.3) is 0 Å². The van der Waals surface area contributed by atoms with Gasteiger partial charge in [-0.1, -0.05) is 0 Å². The molecule has 0 aromatic heterocycles. The molecule has 0 aromatic rings. The number of amides is 1. The summed E-state index contributed by atoms with van der Waals surface area (Å²) < 4.78 is 21.3. The molecule has 1 aliphatic rings. The SMILES string of the molecule is CC(C)(C(=O)N1CC(N)C1)S(C)(=O)=O. The quantitative estimate of drug-likeness (QED) is 0.646. The molecule has 5 nitrogen and oxygen atoms in total. The summed E-state index contributed by atoms with van der Waals surface area (Å²) in [5.74, 6) is -0.360. The van der Waals surface area contributed by atoms with Gasteiger partial charge < -0.3 is 10.6 Å². The average molecular weight is 220 g/mol. The highest BCUT2D eigenvalue weighted by molar-refractivity contribution is 7.92. The Morgan fingerprint density at radius 2 is 1.86 bits per heavy atom. The number of nitrogens with two attached hydrogens (primary N) is 1. The molecule has 0 atom stereocenters. The molecule has 1 saturated heterocycles. The van der Waals surface area contributed by atoms with E-state index < -0.39 is 14.6 Å². The summed E-state index contributed by atoms with van der Waals surface area (Å²) in [7, 11) is -3.37.